The third-order valence-electron chi connectivity index (χ3n) is 4.05. The number of rotatable bonds is 12. The van der Waals surface area contributed by atoms with Crippen molar-refractivity contribution < 1.29 is 23.2 Å². The number of methoxy groups -OCH3 is 1. The van der Waals surface area contributed by atoms with Crippen molar-refractivity contribution in [1.29, 1.82) is 0 Å². The summed E-state index contributed by atoms with van der Waals surface area (Å²) in [6, 6.07) is 17.2. The molecule has 2 rings (SSSR count). The van der Waals surface area contributed by atoms with Crippen molar-refractivity contribution >= 4 is 13.8 Å². The fraction of sp³-hybridized carbons (Fsp3) is 0.381. The van der Waals surface area contributed by atoms with Crippen molar-refractivity contribution in [3.8, 4) is 5.75 Å². The van der Waals surface area contributed by atoms with Gasteiger partial charge in [0.15, 0.2) is 0 Å². The fourth-order valence-electron chi connectivity index (χ4n) is 2.73. The molecule has 28 heavy (non-hydrogen) atoms. The smallest absolute Gasteiger partial charge is 0.338 e. The van der Waals surface area contributed by atoms with Gasteiger partial charge in [-0.2, -0.15) is 0 Å². The maximum Gasteiger partial charge on any atom is 0.338 e. The molecule has 0 aliphatic heterocycles. The van der Waals surface area contributed by atoms with Gasteiger partial charge >= 0.3 is 7.60 Å². The standard InChI is InChI=1S/C21H28NO5P/c1-4-26-28(23,27-5-2)21(19-11-13-20(24-3)14-12-19)15-16-22-25-17-18-9-7-6-8-10-18/h6-14,16,21H,4-5,15,17H2,1-3H3. The number of oxime groups is 1. The lowest BCUT2D eigenvalue weighted by Crippen LogP contribution is -2.08. The van der Waals surface area contributed by atoms with E-state index >= 15 is 0 Å². The van der Waals surface area contributed by atoms with E-state index in [2.05, 4.69) is 5.16 Å². The van der Waals surface area contributed by atoms with Crippen molar-refractivity contribution in [1.82, 2.24) is 0 Å². The van der Waals surface area contributed by atoms with Gasteiger partial charge in [0, 0.05) is 12.6 Å². The molecule has 0 aromatic heterocycles. The Kier molecular flexibility index (Phi) is 9.21. The molecule has 2 aromatic carbocycles. The van der Waals surface area contributed by atoms with Crippen LogP contribution in [0.3, 0.4) is 0 Å². The maximum atomic E-state index is 13.4. The molecule has 0 amide bonds. The fourth-order valence-corrected chi connectivity index (χ4v) is 4.78. The zero-order valence-corrected chi connectivity index (χ0v) is 17.5. The number of hydrogen-bond donors (Lipinski definition) is 0. The molecule has 152 valence electrons. The molecule has 0 aliphatic carbocycles. The van der Waals surface area contributed by atoms with Gasteiger partial charge in [0.2, 0.25) is 0 Å². The predicted molar refractivity (Wildman–Crippen MR) is 111 cm³/mol. The summed E-state index contributed by atoms with van der Waals surface area (Å²) in [7, 11) is -1.76. The van der Waals surface area contributed by atoms with E-state index in [1.54, 1.807) is 27.2 Å². The lowest BCUT2D eigenvalue weighted by molar-refractivity contribution is 0.131. The molecule has 0 N–H and O–H groups in total. The summed E-state index contributed by atoms with van der Waals surface area (Å²) in [5, 5.41) is 4.02. The van der Waals surface area contributed by atoms with Gasteiger partial charge in [0.1, 0.15) is 12.4 Å². The summed E-state index contributed by atoms with van der Waals surface area (Å²) in [5.41, 5.74) is 1.38. The molecule has 0 fully saturated rings. The number of ether oxygens (including phenoxy) is 1. The summed E-state index contributed by atoms with van der Waals surface area (Å²) in [6.45, 7) is 4.57. The second-order valence-electron chi connectivity index (χ2n) is 5.95. The summed E-state index contributed by atoms with van der Waals surface area (Å²) in [4.78, 5) is 5.35. The molecular formula is C21H28NO5P. The second kappa shape index (κ2) is 11.6. The monoisotopic (exact) mass is 405 g/mol. The van der Waals surface area contributed by atoms with Crippen LogP contribution in [0.5, 0.6) is 5.75 Å². The Morgan fingerprint density at radius 1 is 1.00 bits per heavy atom. The molecule has 0 bridgehead atoms. The second-order valence-corrected chi connectivity index (χ2v) is 8.17. The summed E-state index contributed by atoms with van der Waals surface area (Å²) >= 11 is 0. The first kappa shape index (κ1) is 22.2. The van der Waals surface area contributed by atoms with E-state index in [1.165, 1.54) is 0 Å². The van der Waals surface area contributed by atoms with Crippen LogP contribution in [0.1, 0.15) is 37.1 Å². The zero-order valence-electron chi connectivity index (χ0n) is 16.6. The molecule has 7 heteroatoms. The zero-order chi connectivity index (χ0) is 20.2. The van der Waals surface area contributed by atoms with Crippen LogP contribution < -0.4 is 4.74 Å². The Bertz CT molecular complexity index is 754. The highest BCUT2D eigenvalue weighted by atomic mass is 31.2. The number of nitrogens with zero attached hydrogens (tertiary/aromatic N) is 1. The van der Waals surface area contributed by atoms with E-state index in [4.69, 9.17) is 18.6 Å². The summed E-state index contributed by atoms with van der Waals surface area (Å²) in [5.74, 6) is 0.727. The van der Waals surface area contributed by atoms with Crippen molar-refractivity contribution in [2.24, 2.45) is 5.16 Å². The molecule has 0 aliphatic rings. The highest BCUT2D eigenvalue weighted by molar-refractivity contribution is 7.54. The van der Waals surface area contributed by atoms with Gasteiger partial charge < -0.3 is 18.6 Å². The molecule has 0 heterocycles. The van der Waals surface area contributed by atoms with Crippen LogP contribution in [0.25, 0.3) is 0 Å². The largest absolute Gasteiger partial charge is 0.497 e. The lowest BCUT2D eigenvalue weighted by atomic mass is 10.1. The van der Waals surface area contributed by atoms with Crippen molar-refractivity contribution in [3.63, 3.8) is 0 Å². The molecular weight excluding hydrogens is 377 g/mol. The van der Waals surface area contributed by atoms with Gasteiger partial charge in [0.05, 0.1) is 26.0 Å². The molecule has 6 nitrogen and oxygen atoms in total. The summed E-state index contributed by atoms with van der Waals surface area (Å²) < 4.78 is 29.7. The van der Waals surface area contributed by atoms with E-state index < -0.39 is 13.3 Å². The molecule has 0 radical (unpaired) electrons. The molecule has 1 unspecified atom stereocenters. The van der Waals surface area contributed by atoms with Crippen molar-refractivity contribution in [2.75, 3.05) is 20.3 Å². The van der Waals surface area contributed by atoms with E-state index in [0.29, 0.717) is 26.2 Å². The Balaban J connectivity index is 2.12. The Labute approximate surface area is 167 Å². The first-order valence-electron chi connectivity index (χ1n) is 9.33. The summed E-state index contributed by atoms with van der Waals surface area (Å²) in [6.07, 6.45) is 1.97. The third-order valence-corrected chi connectivity index (χ3v) is 6.56. The highest BCUT2D eigenvalue weighted by Gasteiger charge is 2.36. The highest BCUT2D eigenvalue weighted by Crippen LogP contribution is 2.62. The molecule has 0 spiro atoms. The Morgan fingerprint density at radius 3 is 2.21 bits per heavy atom. The van der Waals surface area contributed by atoms with Crippen LogP contribution in [0.2, 0.25) is 0 Å². The van der Waals surface area contributed by atoms with Gasteiger partial charge in [0.25, 0.3) is 0 Å². The minimum absolute atomic E-state index is 0.297. The van der Waals surface area contributed by atoms with Crippen LogP contribution >= 0.6 is 7.60 Å². The van der Waals surface area contributed by atoms with Crippen molar-refractivity contribution in [3.05, 3.63) is 65.7 Å². The molecule has 2 aromatic rings. The molecule has 0 saturated heterocycles. The Morgan fingerprint density at radius 2 is 1.64 bits per heavy atom. The van der Waals surface area contributed by atoms with Crippen LogP contribution in [-0.2, 0) is 25.1 Å². The average Bonchev–Trinajstić information content (AvgIpc) is 2.72. The van der Waals surface area contributed by atoms with Gasteiger partial charge in [-0.3, -0.25) is 4.57 Å². The quantitative estimate of drug-likeness (QED) is 0.261. The van der Waals surface area contributed by atoms with E-state index in [0.717, 1.165) is 16.9 Å². The first-order valence-corrected chi connectivity index (χ1v) is 10.9. The van der Waals surface area contributed by atoms with Crippen molar-refractivity contribution in [2.45, 2.75) is 32.5 Å². The van der Waals surface area contributed by atoms with Crippen LogP contribution in [0, 0.1) is 0 Å². The minimum Gasteiger partial charge on any atom is -0.497 e. The number of hydrogen-bond acceptors (Lipinski definition) is 6. The normalized spacial score (nSPS) is 12.8. The predicted octanol–water partition coefficient (Wildman–Crippen LogP) is 5.60. The average molecular weight is 405 g/mol. The van der Waals surface area contributed by atoms with E-state index in [9.17, 15) is 4.57 Å². The topological polar surface area (TPSA) is 66.4 Å². The lowest BCUT2D eigenvalue weighted by Gasteiger charge is -2.25. The molecule has 0 saturated carbocycles. The van der Waals surface area contributed by atoms with Crippen LogP contribution in [0.15, 0.2) is 59.8 Å². The Hall–Kier alpha value is -2.14. The van der Waals surface area contributed by atoms with Crippen LogP contribution in [-0.4, -0.2) is 26.5 Å². The molecule has 1 atom stereocenters. The van der Waals surface area contributed by atoms with Crippen LogP contribution in [0.4, 0.5) is 0 Å². The SMILES string of the molecule is CCOP(=O)(OCC)C(CC=NOCc1ccccc1)c1ccc(OC)cc1. The third kappa shape index (κ3) is 6.48. The van der Waals surface area contributed by atoms with E-state index in [-0.39, 0.29) is 0 Å². The van der Waals surface area contributed by atoms with Gasteiger partial charge in [-0.05, 0) is 37.1 Å². The maximum absolute atomic E-state index is 13.4. The van der Waals surface area contributed by atoms with Gasteiger partial charge in [-0.15, -0.1) is 0 Å². The number of benzene rings is 2. The van der Waals surface area contributed by atoms with Gasteiger partial charge in [-0.1, -0.05) is 47.6 Å². The van der Waals surface area contributed by atoms with Gasteiger partial charge in [-0.25, -0.2) is 0 Å². The first-order chi connectivity index (χ1) is 13.6. The van der Waals surface area contributed by atoms with E-state index in [1.807, 2.05) is 54.6 Å². The minimum atomic E-state index is -3.37.